The molecule has 2 heterocycles. The molecule has 4 rings (SSSR count). The number of nitrogens with one attached hydrogen (secondary N) is 1. The van der Waals surface area contributed by atoms with Crippen LogP contribution in [0.25, 0.3) is 0 Å². The molecule has 0 radical (unpaired) electrons. The van der Waals surface area contributed by atoms with E-state index in [9.17, 15) is 17.6 Å². The Balaban J connectivity index is 1.63. The van der Waals surface area contributed by atoms with E-state index in [1.165, 1.54) is 12.1 Å². The highest BCUT2D eigenvalue weighted by molar-refractivity contribution is 7.89. The van der Waals surface area contributed by atoms with Gasteiger partial charge in [-0.3, -0.25) is 4.79 Å². The molecular formula is C25H31FN2O4S. The van der Waals surface area contributed by atoms with E-state index < -0.39 is 15.4 Å². The van der Waals surface area contributed by atoms with Crippen LogP contribution in [0.1, 0.15) is 49.7 Å². The zero-order chi connectivity index (χ0) is 23.5. The van der Waals surface area contributed by atoms with E-state index in [1.807, 2.05) is 0 Å². The third kappa shape index (κ3) is 4.98. The van der Waals surface area contributed by atoms with Crippen molar-refractivity contribution in [1.82, 2.24) is 4.31 Å². The van der Waals surface area contributed by atoms with Crippen molar-refractivity contribution < 1.29 is 22.3 Å². The quantitative estimate of drug-likeness (QED) is 0.698. The molecule has 2 aromatic rings. The number of anilines is 1. The molecule has 1 amide bonds. The molecule has 2 fully saturated rings. The summed E-state index contributed by atoms with van der Waals surface area (Å²) in [6.07, 6.45) is 4.73. The van der Waals surface area contributed by atoms with Crippen LogP contribution in [0.5, 0.6) is 0 Å². The lowest BCUT2D eigenvalue weighted by atomic mass is 9.73. The molecule has 6 nitrogen and oxygen atoms in total. The Labute approximate surface area is 195 Å². The van der Waals surface area contributed by atoms with Crippen molar-refractivity contribution >= 4 is 21.6 Å². The fourth-order valence-electron chi connectivity index (χ4n) is 4.76. The number of carbonyl (C=O) groups is 1. The van der Waals surface area contributed by atoms with Gasteiger partial charge in [-0.2, -0.15) is 4.31 Å². The number of amides is 1. The standard InChI is InChI=1S/C25H31FN2O4S/c1-19-6-11-22(18-23(19)33(30,31)28-14-4-2-3-5-15-28)27-24(29)25(12-16-32-17-13-25)20-7-9-21(26)10-8-20/h6-11,18H,2-5,12-17H2,1H3,(H,27,29). The Bertz CT molecular complexity index is 1090. The number of halogens is 1. The fraction of sp³-hybridized carbons (Fsp3) is 0.480. The zero-order valence-corrected chi connectivity index (χ0v) is 19.8. The van der Waals surface area contributed by atoms with Gasteiger partial charge in [0.2, 0.25) is 15.9 Å². The minimum atomic E-state index is -3.65. The topological polar surface area (TPSA) is 75.7 Å². The monoisotopic (exact) mass is 474 g/mol. The number of rotatable bonds is 5. The van der Waals surface area contributed by atoms with Crippen LogP contribution in [0.15, 0.2) is 47.4 Å². The van der Waals surface area contributed by atoms with Gasteiger partial charge in [0.1, 0.15) is 5.82 Å². The molecule has 178 valence electrons. The van der Waals surface area contributed by atoms with E-state index in [2.05, 4.69) is 5.32 Å². The Kier molecular flexibility index (Phi) is 7.16. The first-order chi connectivity index (χ1) is 15.8. The van der Waals surface area contributed by atoms with Crippen LogP contribution in [-0.4, -0.2) is 44.9 Å². The van der Waals surface area contributed by atoms with Gasteiger partial charge in [0.15, 0.2) is 0 Å². The first kappa shape index (κ1) is 23.9. The summed E-state index contributed by atoms with van der Waals surface area (Å²) < 4.78 is 47.3. The Morgan fingerprint density at radius 2 is 1.64 bits per heavy atom. The fourth-order valence-corrected chi connectivity index (χ4v) is 6.53. The molecule has 0 aromatic heterocycles. The summed E-state index contributed by atoms with van der Waals surface area (Å²) >= 11 is 0. The van der Waals surface area contributed by atoms with Crippen LogP contribution in [0.3, 0.4) is 0 Å². The van der Waals surface area contributed by atoms with Crippen LogP contribution >= 0.6 is 0 Å². The minimum absolute atomic E-state index is 0.227. The Hall–Kier alpha value is -2.29. The van der Waals surface area contributed by atoms with Crippen molar-refractivity contribution in [2.75, 3.05) is 31.6 Å². The van der Waals surface area contributed by atoms with Crippen molar-refractivity contribution in [3.63, 3.8) is 0 Å². The zero-order valence-electron chi connectivity index (χ0n) is 19.0. The summed E-state index contributed by atoms with van der Waals surface area (Å²) in [5, 5.41) is 2.95. The molecule has 2 saturated heterocycles. The lowest BCUT2D eigenvalue weighted by Crippen LogP contribution is -2.44. The van der Waals surface area contributed by atoms with Crippen molar-refractivity contribution in [2.24, 2.45) is 0 Å². The summed E-state index contributed by atoms with van der Waals surface area (Å²) in [5.41, 5.74) is 0.957. The summed E-state index contributed by atoms with van der Waals surface area (Å²) in [7, 11) is -3.65. The number of hydrogen-bond acceptors (Lipinski definition) is 4. The van der Waals surface area contributed by atoms with Crippen molar-refractivity contribution in [3.8, 4) is 0 Å². The lowest BCUT2D eigenvalue weighted by Gasteiger charge is -2.36. The van der Waals surface area contributed by atoms with E-state index in [0.717, 1.165) is 31.2 Å². The number of sulfonamides is 1. The molecule has 1 N–H and O–H groups in total. The highest BCUT2D eigenvalue weighted by atomic mass is 32.2. The van der Waals surface area contributed by atoms with Crippen LogP contribution in [0, 0.1) is 12.7 Å². The van der Waals surface area contributed by atoms with Gasteiger partial charge in [-0.25, -0.2) is 12.8 Å². The highest BCUT2D eigenvalue weighted by Gasteiger charge is 2.42. The molecule has 0 unspecified atom stereocenters. The molecule has 2 aliphatic rings. The first-order valence-electron chi connectivity index (χ1n) is 11.6. The number of hydrogen-bond donors (Lipinski definition) is 1. The normalized spacial score (nSPS) is 19.6. The molecule has 0 aliphatic carbocycles. The summed E-state index contributed by atoms with van der Waals surface area (Å²) in [5.74, 6) is -0.595. The third-order valence-electron chi connectivity index (χ3n) is 6.81. The van der Waals surface area contributed by atoms with Crippen molar-refractivity contribution in [2.45, 2.75) is 55.8 Å². The van der Waals surface area contributed by atoms with Gasteiger partial charge in [-0.05, 0) is 68.0 Å². The van der Waals surface area contributed by atoms with Gasteiger partial charge in [0, 0.05) is 32.0 Å². The second-order valence-electron chi connectivity index (χ2n) is 8.95. The lowest BCUT2D eigenvalue weighted by molar-refractivity contribution is -0.125. The SMILES string of the molecule is Cc1ccc(NC(=O)C2(c3ccc(F)cc3)CCOCC2)cc1S(=O)(=O)N1CCCCCC1. The smallest absolute Gasteiger partial charge is 0.243 e. The second kappa shape index (κ2) is 9.91. The van der Waals surface area contributed by atoms with E-state index in [0.29, 0.717) is 50.4 Å². The first-order valence-corrected chi connectivity index (χ1v) is 13.0. The van der Waals surface area contributed by atoms with Crippen molar-refractivity contribution in [3.05, 3.63) is 59.4 Å². The summed E-state index contributed by atoms with van der Waals surface area (Å²) in [6.45, 7) is 3.66. The van der Waals surface area contributed by atoms with Gasteiger partial charge in [0.25, 0.3) is 0 Å². The Morgan fingerprint density at radius 1 is 1.00 bits per heavy atom. The van der Waals surface area contributed by atoms with E-state index in [1.54, 1.807) is 41.6 Å². The molecule has 0 atom stereocenters. The van der Waals surface area contributed by atoms with Crippen LogP contribution in [0.4, 0.5) is 10.1 Å². The maximum atomic E-state index is 13.5. The molecule has 0 saturated carbocycles. The molecule has 0 spiro atoms. The van der Waals surface area contributed by atoms with E-state index in [-0.39, 0.29) is 16.6 Å². The Morgan fingerprint density at radius 3 is 2.27 bits per heavy atom. The van der Waals surface area contributed by atoms with Crippen LogP contribution < -0.4 is 5.32 Å². The van der Waals surface area contributed by atoms with Crippen molar-refractivity contribution in [1.29, 1.82) is 0 Å². The van der Waals surface area contributed by atoms with Gasteiger partial charge in [-0.15, -0.1) is 0 Å². The van der Waals surface area contributed by atoms with Crippen LogP contribution in [-0.2, 0) is 25.0 Å². The molecule has 0 bridgehead atoms. The number of nitrogens with zero attached hydrogens (tertiary/aromatic N) is 1. The third-order valence-corrected chi connectivity index (χ3v) is 8.85. The van der Waals surface area contributed by atoms with Gasteiger partial charge in [0.05, 0.1) is 10.3 Å². The molecule has 33 heavy (non-hydrogen) atoms. The molecule has 2 aliphatic heterocycles. The largest absolute Gasteiger partial charge is 0.381 e. The predicted octanol–water partition coefficient (Wildman–Crippen LogP) is 4.39. The number of benzene rings is 2. The van der Waals surface area contributed by atoms with Gasteiger partial charge < -0.3 is 10.1 Å². The molecular weight excluding hydrogens is 443 g/mol. The molecule has 2 aromatic carbocycles. The average molecular weight is 475 g/mol. The average Bonchev–Trinajstić information content (AvgIpc) is 3.11. The van der Waals surface area contributed by atoms with Gasteiger partial charge >= 0.3 is 0 Å². The molecule has 8 heteroatoms. The maximum Gasteiger partial charge on any atom is 0.243 e. The number of carbonyl (C=O) groups excluding carboxylic acids is 1. The summed E-state index contributed by atoms with van der Waals surface area (Å²) in [6, 6.07) is 11.0. The summed E-state index contributed by atoms with van der Waals surface area (Å²) in [4.78, 5) is 13.8. The second-order valence-corrected chi connectivity index (χ2v) is 10.9. The number of ether oxygens (including phenoxy) is 1. The van der Waals surface area contributed by atoms with E-state index >= 15 is 0 Å². The highest BCUT2D eigenvalue weighted by Crippen LogP contribution is 2.37. The minimum Gasteiger partial charge on any atom is -0.381 e. The number of aryl methyl sites for hydroxylation is 1. The van der Waals surface area contributed by atoms with E-state index in [4.69, 9.17) is 4.74 Å². The maximum absolute atomic E-state index is 13.5. The van der Waals surface area contributed by atoms with Gasteiger partial charge in [-0.1, -0.05) is 31.0 Å². The van der Waals surface area contributed by atoms with Crippen LogP contribution in [0.2, 0.25) is 0 Å². The predicted molar refractivity (Wildman–Crippen MR) is 125 cm³/mol.